The molecule has 0 aliphatic rings. The van der Waals surface area contributed by atoms with Crippen LogP contribution in [-0.4, -0.2) is 31.7 Å². The highest BCUT2D eigenvalue weighted by molar-refractivity contribution is 9.10. The van der Waals surface area contributed by atoms with Crippen molar-refractivity contribution in [1.29, 1.82) is 0 Å². The topological polar surface area (TPSA) is 89.3 Å². The minimum atomic E-state index is -3.57. The van der Waals surface area contributed by atoms with Crippen molar-refractivity contribution >= 4 is 31.7 Å². The molecule has 1 aromatic carbocycles. The van der Waals surface area contributed by atoms with Crippen LogP contribution in [0.4, 0.5) is 0 Å². The van der Waals surface area contributed by atoms with E-state index in [-0.39, 0.29) is 17.3 Å². The van der Waals surface area contributed by atoms with Gasteiger partial charge in [0, 0.05) is 11.0 Å². The fourth-order valence-corrected chi connectivity index (χ4v) is 3.56. The molecule has 0 saturated carbocycles. The second-order valence-electron chi connectivity index (χ2n) is 5.83. The Balaban J connectivity index is 2.84. The van der Waals surface area contributed by atoms with E-state index in [1.165, 1.54) is 0 Å². The zero-order chi connectivity index (χ0) is 17.0. The molecule has 124 valence electrons. The summed E-state index contributed by atoms with van der Waals surface area (Å²) < 4.78 is 25.0. The van der Waals surface area contributed by atoms with Gasteiger partial charge in [0.05, 0.1) is 15.7 Å². The molecule has 5 nitrogen and oxygen atoms in total. The van der Waals surface area contributed by atoms with Crippen molar-refractivity contribution < 1.29 is 13.2 Å². The average Bonchev–Trinajstić information content (AvgIpc) is 2.45. The number of benzene rings is 1. The number of rotatable bonds is 7. The molecule has 3 N–H and O–H groups in total. The van der Waals surface area contributed by atoms with E-state index in [0.717, 1.165) is 10.9 Å². The summed E-state index contributed by atoms with van der Waals surface area (Å²) in [6.07, 6.45) is 1.38. The number of nitrogens with one attached hydrogen (secondary N) is 1. The van der Waals surface area contributed by atoms with Crippen LogP contribution < -0.4 is 11.1 Å². The van der Waals surface area contributed by atoms with E-state index in [0.29, 0.717) is 6.42 Å². The maximum atomic E-state index is 12.7. The highest BCUT2D eigenvalue weighted by Gasteiger charge is 2.36. The van der Waals surface area contributed by atoms with Gasteiger partial charge < -0.3 is 11.1 Å². The van der Waals surface area contributed by atoms with Gasteiger partial charge in [-0.25, -0.2) is 8.42 Å². The van der Waals surface area contributed by atoms with Crippen molar-refractivity contribution in [2.75, 3.05) is 6.54 Å². The molecule has 0 aliphatic carbocycles. The Morgan fingerprint density at radius 3 is 2.36 bits per heavy atom. The highest BCUT2D eigenvalue weighted by atomic mass is 79.9. The zero-order valence-electron chi connectivity index (χ0n) is 13.1. The lowest BCUT2D eigenvalue weighted by Gasteiger charge is -2.26. The Morgan fingerprint density at radius 1 is 1.32 bits per heavy atom. The van der Waals surface area contributed by atoms with E-state index < -0.39 is 20.6 Å². The zero-order valence-corrected chi connectivity index (χ0v) is 15.5. The normalized spacial score (nSPS) is 13.7. The van der Waals surface area contributed by atoms with Gasteiger partial charge in [-0.05, 0) is 44.5 Å². The maximum Gasteiger partial charge on any atom is 0.236 e. The van der Waals surface area contributed by atoms with Gasteiger partial charge in [0.1, 0.15) is 0 Å². The largest absolute Gasteiger partial charge is 0.353 e. The standard InChI is InChI=1S/C15H23BrN2O3S/c1-4-5-13(17)14(19)18-10-15(2,3)22(20,21)12-8-6-11(16)7-9-12/h6-9,13H,4-5,10,17H2,1-3H3,(H,18,19). The molecule has 1 atom stereocenters. The molecule has 1 unspecified atom stereocenters. The second-order valence-corrected chi connectivity index (χ2v) is 9.33. The van der Waals surface area contributed by atoms with Crippen molar-refractivity contribution in [3.05, 3.63) is 28.7 Å². The molecule has 7 heteroatoms. The second kappa shape index (κ2) is 7.57. The summed E-state index contributed by atoms with van der Waals surface area (Å²) in [5, 5.41) is 2.64. The molecule has 1 rings (SSSR count). The third-order valence-electron chi connectivity index (χ3n) is 3.48. The number of halogens is 1. The monoisotopic (exact) mass is 390 g/mol. The maximum absolute atomic E-state index is 12.7. The van der Waals surface area contributed by atoms with Crippen molar-refractivity contribution in [1.82, 2.24) is 5.32 Å². The molecule has 0 aromatic heterocycles. The lowest BCUT2D eigenvalue weighted by molar-refractivity contribution is -0.122. The van der Waals surface area contributed by atoms with Gasteiger partial charge in [0.25, 0.3) is 0 Å². The van der Waals surface area contributed by atoms with Crippen LogP contribution in [0.1, 0.15) is 33.6 Å². The Morgan fingerprint density at radius 2 is 1.86 bits per heavy atom. The number of nitrogens with two attached hydrogens (primary N) is 1. The van der Waals surface area contributed by atoms with Crippen LogP contribution >= 0.6 is 15.9 Å². The number of carbonyl (C=O) groups is 1. The quantitative estimate of drug-likeness (QED) is 0.746. The molecule has 0 saturated heterocycles. The number of sulfone groups is 1. The number of hydrogen-bond donors (Lipinski definition) is 2. The van der Waals surface area contributed by atoms with E-state index in [1.54, 1.807) is 38.1 Å². The summed E-state index contributed by atoms with van der Waals surface area (Å²) >= 11 is 3.28. The molecular formula is C15H23BrN2O3S. The van der Waals surface area contributed by atoms with E-state index >= 15 is 0 Å². The highest BCUT2D eigenvalue weighted by Crippen LogP contribution is 2.26. The Kier molecular flexibility index (Phi) is 6.58. The number of amides is 1. The molecule has 1 amide bonds. The van der Waals surface area contributed by atoms with Crippen LogP contribution in [0.5, 0.6) is 0 Å². The summed E-state index contributed by atoms with van der Waals surface area (Å²) in [5.41, 5.74) is 5.73. The first-order valence-electron chi connectivity index (χ1n) is 7.15. The first-order valence-corrected chi connectivity index (χ1v) is 9.43. The summed E-state index contributed by atoms with van der Waals surface area (Å²) in [4.78, 5) is 12.1. The van der Waals surface area contributed by atoms with Crippen LogP contribution in [0.2, 0.25) is 0 Å². The Hall–Kier alpha value is -0.920. The lowest BCUT2D eigenvalue weighted by atomic mass is 10.1. The molecule has 0 bridgehead atoms. The van der Waals surface area contributed by atoms with Crippen LogP contribution in [-0.2, 0) is 14.6 Å². The minimum absolute atomic E-state index is 0.0155. The molecule has 0 aliphatic heterocycles. The van der Waals surface area contributed by atoms with Crippen LogP contribution in [0.3, 0.4) is 0 Å². The number of hydrogen-bond acceptors (Lipinski definition) is 4. The summed E-state index contributed by atoms with van der Waals surface area (Å²) in [6, 6.07) is 5.85. The minimum Gasteiger partial charge on any atom is -0.353 e. The molecule has 0 heterocycles. The molecule has 1 aromatic rings. The third-order valence-corrected chi connectivity index (χ3v) is 6.50. The van der Waals surface area contributed by atoms with E-state index in [2.05, 4.69) is 21.2 Å². The lowest BCUT2D eigenvalue weighted by Crippen LogP contribution is -2.48. The fourth-order valence-electron chi connectivity index (χ4n) is 1.90. The van der Waals surface area contributed by atoms with Gasteiger partial charge in [-0.2, -0.15) is 0 Å². The molecule has 22 heavy (non-hydrogen) atoms. The third kappa shape index (κ3) is 4.54. The van der Waals surface area contributed by atoms with Crippen molar-refractivity contribution in [3.8, 4) is 0 Å². The molecular weight excluding hydrogens is 368 g/mol. The smallest absolute Gasteiger partial charge is 0.236 e. The van der Waals surface area contributed by atoms with Gasteiger partial charge in [0.2, 0.25) is 5.91 Å². The first kappa shape index (κ1) is 19.1. The first-order chi connectivity index (χ1) is 10.1. The molecule has 0 spiro atoms. The van der Waals surface area contributed by atoms with Crippen molar-refractivity contribution in [2.24, 2.45) is 5.73 Å². The van der Waals surface area contributed by atoms with Gasteiger partial charge >= 0.3 is 0 Å². The van der Waals surface area contributed by atoms with Gasteiger partial charge in [-0.1, -0.05) is 29.3 Å². The number of carbonyl (C=O) groups excluding carboxylic acids is 1. The fraction of sp³-hybridized carbons (Fsp3) is 0.533. The van der Waals surface area contributed by atoms with Crippen LogP contribution in [0.15, 0.2) is 33.6 Å². The SMILES string of the molecule is CCCC(N)C(=O)NCC(C)(C)S(=O)(=O)c1ccc(Br)cc1. The van der Waals surface area contributed by atoms with Gasteiger partial charge in [-0.3, -0.25) is 4.79 Å². The Bertz CT molecular complexity index is 612. The van der Waals surface area contributed by atoms with Gasteiger partial charge in [0.15, 0.2) is 9.84 Å². The molecule has 0 radical (unpaired) electrons. The van der Waals surface area contributed by atoms with E-state index in [4.69, 9.17) is 5.73 Å². The van der Waals surface area contributed by atoms with Gasteiger partial charge in [-0.15, -0.1) is 0 Å². The van der Waals surface area contributed by atoms with E-state index in [9.17, 15) is 13.2 Å². The Labute approximate surface area is 140 Å². The summed E-state index contributed by atoms with van der Waals surface area (Å²) in [7, 11) is -3.57. The van der Waals surface area contributed by atoms with Crippen LogP contribution in [0.25, 0.3) is 0 Å². The average molecular weight is 391 g/mol. The van der Waals surface area contributed by atoms with Crippen molar-refractivity contribution in [3.63, 3.8) is 0 Å². The summed E-state index contributed by atoms with van der Waals surface area (Å²) in [6.45, 7) is 5.14. The summed E-state index contributed by atoms with van der Waals surface area (Å²) in [5.74, 6) is -0.319. The van der Waals surface area contributed by atoms with Crippen LogP contribution in [0, 0.1) is 0 Å². The van der Waals surface area contributed by atoms with E-state index in [1.807, 2.05) is 6.92 Å². The predicted octanol–water partition coefficient (Wildman–Crippen LogP) is 2.25. The van der Waals surface area contributed by atoms with Crippen molar-refractivity contribution in [2.45, 2.75) is 49.3 Å². The molecule has 0 fully saturated rings. The predicted molar refractivity (Wildman–Crippen MR) is 91.3 cm³/mol.